The summed E-state index contributed by atoms with van der Waals surface area (Å²) in [5.41, 5.74) is 2.47. The Bertz CT molecular complexity index is 1020. The molecule has 1 atom stereocenters. The van der Waals surface area contributed by atoms with E-state index in [1.165, 1.54) is 4.31 Å². The van der Waals surface area contributed by atoms with Gasteiger partial charge in [0.05, 0.1) is 30.6 Å². The molecule has 0 fully saturated rings. The quantitative estimate of drug-likeness (QED) is 0.684. The van der Waals surface area contributed by atoms with Crippen LogP contribution in [0.25, 0.3) is 0 Å². The maximum absolute atomic E-state index is 13.4. The van der Waals surface area contributed by atoms with Crippen molar-refractivity contribution in [3.05, 3.63) is 53.1 Å². The summed E-state index contributed by atoms with van der Waals surface area (Å²) in [7, 11) is -3.86. The van der Waals surface area contributed by atoms with E-state index in [1.807, 2.05) is 26.8 Å². The van der Waals surface area contributed by atoms with Gasteiger partial charge in [-0.1, -0.05) is 17.7 Å². The lowest BCUT2D eigenvalue weighted by Gasteiger charge is -2.36. The van der Waals surface area contributed by atoms with E-state index in [4.69, 9.17) is 9.47 Å². The largest absolute Gasteiger partial charge is 0.490 e. The molecule has 0 bridgehead atoms. The minimum absolute atomic E-state index is 0.155. The van der Waals surface area contributed by atoms with Gasteiger partial charge in [-0.05, 0) is 62.6 Å². The highest BCUT2D eigenvalue weighted by atomic mass is 32.2. The van der Waals surface area contributed by atoms with Crippen molar-refractivity contribution in [2.24, 2.45) is 0 Å². The van der Waals surface area contributed by atoms with Crippen molar-refractivity contribution in [1.82, 2.24) is 4.31 Å². The lowest BCUT2D eigenvalue weighted by molar-refractivity contribution is -0.138. The van der Waals surface area contributed by atoms with Crippen LogP contribution in [0.1, 0.15) is 43.0 Å². The fraction of sp³-hybridized carbons (Fsp3) is 0.409. The predicted molar refractivity (Wildman–Crippen MR) is 113 cm³/mol. The van der Waals surface area contributed by atoms with E-state index < -0.39 is 22.0 Å². The van der Waals surface area contributed by atoms with Gasteiger partial charge in [0.25, 0.3) is 0 Å². The van der Waals surface area contributed by atoms with Crippen molar-refractivity contribution in [3.63, 3.8) is 0 Å². The van der Waals surface area contributed by atoms with Crippen LogP contribution >= 0.6 is 0 Å². The van der Waals surface area contributed by atoms with E-state index >= 15 is 0 Å². The third-order valence-electron chi connectivity index (χ3n) is 5.11. The second kappa shape index (κ2) is 9.06. The van der Waals surface area contributed by atoms with Crippen LogP contribution in [-0.4, -0.2) is 43.6 Å². The molecule has 0 aromatic heterocycles. The average Bonchev–Trinajstić information content (AvgIpc) is 2.69. The number of aliphatic carboxylic acids is 1. The van der Waals surface area contributed by atoms with E-state index in [9.17, 15) is 18.3 Å². The van der Waals surface area contributed by atoms with Crippen molar-refractivity contribution in [2.75, 3.05) is 19.8 Å². The molecule has 1 aliphatic rings. The monoisotopic (exact) mass is 433 g/mol. The first kappa shape index (κ1) is 22.1. The number of carbonyl (C=O) groups is 1. The van der Waals surface area contributed by atoms with E-state index in [2.05, 4.69) is 0 Å². The second-order valence-electron chi connectivity index (χ2n) is 7.16. The van der Waals surface area contributed by atoms with E-state index in [-0.39, 0.29) is 17.9 Å². The molecule has 1 heterocycles. The summed E-state index contributed by atoms with van der Waals surface area (Å²) in [6.45, 7) is 6.67. The minimum Gasteiger partial charge on any atom is -0.490 e. The molecule has 0 saturated carbocycles. The van der Waals surface area contributed by atoms with Gasteiger partial charge in [-0.2, -0.15) is 4.31 Å². The van der Waals surface area contributed by atoms with Gasteiger partial charge in [0.1, 0.15) is 0 Å². The molecule has 1 N–H and O–H groups in total. The van der Waals surface area contributed by atoms with Crippen molar-refractivity contribution in [3.8, 4) is 11.5 Å². The number of sulfonamides is 1. The van der Waals surface area contributed by atoms with Gasteiger partial charge in [0, 0.05) is 6.54 Å². The van der Waals surface area contributed by atoms with Gasteiger partial charge in [-0.15, -0.1) is 0 Å². The van der Waals surface area contributed by atoms with Gasteiger partial charge in [-0.3, -0.25) is 4.79 Å². The average molecular weight is 434 g/mol. The molecule has 8 heteroatoms. The molecule has 0 aliphatic carbocycles. The number of fused-ring (bicyclic) bond motifs is 1. The van der Waals surface area contributed by atoms with Gasteiger partial charge >= 0.3 is 5.97 Å². The Labute approximate surface area is 177 Å². The third kappa shape index (κ3) is 4.44. The van der Waals surface area contributed by atoms with Crippen LogP contribution < -0.4 is 9.47 Å². The highest BCUT2D eigenvalue weighted by molar-refractivity contribution is 7.89. The Kier molecular flexibility index (Phi) is 6.67. The van der Waals surface area contributed by atoms with Crippen LogP contribution in [0.5, 0.6) is 11.5 Å². The first-order chi connectivity index (χ1) is 14.3. The fourth-order valence-electron chi connectivity index (χ4n) is 3.73. The highest BCUT2D eigenvalue weighted by Gasteiger charge is 2.38. The molecule has 30 heavy (non-hydrogen) atoms. The molecule has 1 aliphatic heterocycles. The Balaban J connectivity index is 2.09. The summed E-state index contributed by atoms with van der Waals surface area (Å²) in [6, 6.07) is 9.33. The molecule has 0 amide bonds. The molecule has 0 spiro atoms. The number of hydrogen-bond acceptors (Lipinski definition) is 5. The van der Waals surface area contributed by atoms with Gasteiger partial charge in [-0.25, -0.2) is 8.42 Å². The smallest absolute Gasteiger partial charge is 0.305 e. The number of rotatable bonds is 8. The zero-order chi connectivity index (χ0) is 21.9. The summed E-state index contributed by atoms with van der Waals surface area (Å²) in [4.78, 5) is 11.8. The van der Waals surface area contributed by atoms with Crippen molar-refractivity contribution in [1.29, 1.82) is 0 Å². The number of nitrogens with zero attached hydrogens (tertiary/aromatic N) is 1. The Morgan fingerprint density at radius 3 is 2.27 bits per heavy atom. The maximum Gasteiger partial charge on any atom is 0.305 e. The number of benzene rings is 2. The van der Waals surface area contributed by atoms with Crippen LogP contribution in [-0.2, 0) is 21.2 Å². The van der Waals surface area contributed by atoms with Crippen molar-refractivity contribution < 1.29 is 27.8 Å². The summed E-state index contributed by atoms with van der Waals surface area (Å²) in [5.74, 6) is 0.00823. The van der Waals surface area contributed by atoms with Crippen LogP contribution in [0.2, 0.25) is 0 Å². The van der Waals surface area contributed by atoms with E-state index in [0.29, 0.717) is 36.7 Å². The normalized spacial score (nSPS) is 16.7. The summed E-state index contributed by atoms with van der Waals surface area (Å²) >= 11 is 0. The Hall–Kier alpha value is -2.58. The standard InChI is InChI=1S/C22H27NO6S/c1-4-28-20-12-16-10-11-23(30(26,27)17-8-6-15(3)7-9-17)19(14-22(24)25)18(16)13-21(20)29-5-2/h6-9,12-13,19H,4-5,10-11,14H2,1-3H3,(H,24,25)/t19-/m0/s1. The van der Waals surface area contributed by atoms with Crippen molar-refractivity contribution in [2.45, 2.75) is 44.6 Å². The van der Waals surface area contributed by atoms with Crippen LogP contribution in [0, 0.1) is 6.92 Å². The number of carboxylic acids is 1. The molecular formula is C22H27NO6S. The van der Waals surface area contributed by atoms with E-state index in [1.54, 1.807) is 30.3 Å². The topological polar surface area (TPSA) is 93.1 Å². The van der Waals surface area contributed by atoms with Crippen molar-refractivity contribution >= 4 is 16.0 Å². The predicted octanol–water partition coefficient (Wildman–Crippen LogP) is 3.56. The lowest BCUT2D eigenvalue weighted by Crippen LogP contribution is -2.41. The van der Waals surface area contributed by atoms with Crippen LogP contribution in [0.3, 0.4) is 0 Å². The fourth-order valence-corrected chi connectivity index (χ4v) is 5.34. The number of ether oxygens (including phenoxy) is 2. The highest BCUT2D eigenvalue weighted by Crippen LogP contribution is 2.41. The summed E-state index contributed by atoms with van der Waals surface area (Å²) in [5, 5.41) is 9.52. The summed E-state index contributed by atoms with van der Waals surface area (Å²) in [6.07, 6.45) is 0.126. The zero-order valence-corrected chi connectivity index (χ0v) is 18.2. The number of aryl methyl sites for hydroxylation is 1. The molecule has 162 valence electrons. The molecule has 2 aromatic carbocycles. The molecule has 7 nitrogen and oxygen atoms in total. The van der Waals surface area contributed by atoms with Gasteiger partial charge < -0.3 is 14.6 Å². The Morgan fingerprint density at radius 2 is 1.70 bits per heavy atom. The van der Waals surface area contributed by atoms with Gasteiger partial charge in [0.2, 0.25) is 10.0 Å². The lowest BCUT2D eigenvalue weighted by atomic mass is 9.91. The second-order valence-corrected chi connectivity index (χ2v) is 9.05. The molecular weight excluding hydrogens is 406 g/mol. The molecule has 0 radical (unpaired) electrons. The maximum atomic E-state index is 13.4. The molecule has 2 aromatic rings. The number of hydrogen-bond donors (Lipinski definition) is 1. The molecule has 0 unspecified atom stereocenters. The molecule has 0 saturated heterocycles. The first-order valence-electron chi connectivity index (χ1n) is 10.0. The van der Waals surface area contributed by atoms with Crippen LogP contribution in [0.4, 0.5) is 0 Å². The zero-order valence-electron chi connectivity index (χ0n) is 17.4. The summed E-state index contributed by atoms with van der Waals surface area (Å²) < 4.78 is 39.4. The van der Waals surface area contributed by atoms with Crippen LogP contribution in [0.15, 0.2) is 41.3 Å². The Morgan fingerprint density at radius 1 is 1.10 bits per heavy atom. The number of carboxylic acid groups (broad SMARTS) is 1. The first-order valence-corrected chi connectivity index (χ1v) is 11.4. The molecule has 3 rings (SSSR count). The third-order valence-corrected chi connectivity index (χ3v) is 7.03. The SMILES string of the molecule is CCOc1cc2c(cc1OCC)[C@H](CC(=O)O)N(S(=O)(=O)c1ccc(C)cc1)CC2. The van der Waals surface area contributed by atoms with Gasteiger partial charge in [0.15, 0.2) is 11.5 Å². The minimum atomic E-state index is -3.86. The van der Waals surface area contributed by atoms with E-state index in [0.717, 1.165) is 11.1 Å².